The van der Waals surface area contributed by atoms with Crippen LogP contribution in [0.25, 0.3) is 11.1 Å². The van der Waals surface area contributed by atoms with Gasteiger partial charge in [-0.1, -0.05) is 30.3 Å². The molecule has 0 radical (unpaired) electrons. The maximum Gasteiger partial charge on any atom is 0.420 e. The van der Waals surface area contributed by atoms with Crippen LogP contribution >= 0.6 is 0 Å². The van der Waals surface area contributed by atoms with Gasteiger partial charge in [-0.25, -0.2) is 4.79 Å². The molecule has 2 heterocycles. The zero-order valence-corrected chi connectivity index (χ0v) is 11.9. The highest BCUT2D eigenvalue weighted by Crippen LogP contribution is 2.27. The van der Waals surface area contributed by atoms with Gasteiger partial charge in [0.1, 0.15) is 6.54 Å². The second-order valence-electron chi connectivity index (χ2n) is 5.35. The Balaban J connectivity index is 1.68. The highest BCUT2D eigenvalue weighted by molar-refractivity contribution is 5.95. The number of hydrogen-bond acceptors (Lipinski definition) is 3. The Bertz CT molecular complexity index is 923. The summed E-state index contributed by atoms with van der Waals surface area (Å²) in [6.07, 6.45) is 0.850. The van der Waals surface area contributed by atoms with Crippen molar-refractivity contribution in [1.82, 2.24) is 4.57 Å². The van der Waals surface area contributed by atoms with Crippen molar-refractivity contribution in [2.75, 3.05) is 11.4 Å². The zero-order chi connectivity index (χ0) is 15.1. The van der Waals surface area contributed by atoms with Crippen molar-refractivity contribution >= 4 is 22.7 Å². The Morgan fingerprint density at radius 1 is 1.09 bits per heavy atom. The molecule has 1 aliphatic heterocycles. The van der Waals surface area contributed by atoms with Crippen LogP contribution in [-0.2, 0) is 17.8 Å². The van der Waals surface area contributed by atoms with Gasteiger partial charge in [0, 0.05) is 12.2 Å². The largest absolute Gasteiger partial charge is 0.420 e. The summed E-state index contributed by atoms with van der Waals surface area (Å²) in [5.74, 6) is -0.597. The summed E-state index contributed by atoms with van der Waals surface area (Å²) in [5.41, 5.74) is 3.25. The topological polar surface area (TPSA) is 55.5 Å². The van der Waals surface area contributed by atoms with E-state index in [4.69, 9.17) is 4.42 Å². The van der Waals surface area contributed by atoms with Crippen LogP contribution in [-0.4, -0.2) is 17.0 Å². The first-order valence-electron chi connectivity index (χ1n) is 7.21. The summed E-state index contributed by atoms with van der Waals surface area (Å²) >= 11 is 0. The summed E-state index contributed by atoms with van der Waals surface area (Å²) in [6, 6.07) is 15.0. The molecule has 1 amide bonds. The van der Waals surface area contributed by atoms with Gasteiger partial charge < -0.3 is 9.32 Å². The number of para-hydroxylation sites is 3. The number of fused-ring (bicyclic) bond motifs is 2. The predicted molar refractivity (Wildman–Crippen MR) is 83.0 cm³/mol. The summed E-state index contributed by atoms with van der Waals surface area (Å²) in [6.45, 7) is 0.646. The zero-order valence-electron chi connectivity index (χ0n) is 11.9. The molecule has 0 bridgehead atoms. The van der Waals surface area contributed by atoms with Crippen LogP contribution in [0.1, 0.15) is 5.56 Å². The van der Waals surface area contributed by atoms with E-state index in [2.05, 4.69) is 0 Å². The number of aromatic nitrogens is 1. The normalized spacial score (nSPS) is 13.5. The lowest BCUT2D eigenvalue weighted by molar-refractivity contribution is -0.119. The van der Waals surface area contributed by atoms with E-state index < -0.39 is 5.76 Å². The van der Waals surface area contributed by atoms with E-state index in [0.29, 0.717) is 17.6 Å². The van der Waals surface area contributed by atoms with Gasteiger partial charge in [0.05, 0.1) is 5.52 Å². The van der Waals surface area contributed by atoms with Crippen molar-refractivity contribution in [2.45, 2.75) is 13.0 Å². The summed E-state index contributed by atoms with van der Waals surface area (Å²) in [5, 5.41) is 0. The smallest absolute Gasteiger partial charge is 0.408 e. The molecule has 0 spiro atoms. The number of nitrogens with zero attached hydrogens (tertiary/aromatic N) is 2. The van der Waals surface area contributed by atoms with Gasteiger partial charge in [-0.2, -0.15) is 0 Å². The fraction of sp³-hybridized carbons (Fsp3) is 0.176. The average molecular weight is 294 g/mol. The number of rotatable bonds is 2. The molecule has 5 nitrogen and oxygen atoms in total. The quantitative estimate of drug-likeness (QED) is 0.728. The molecule has 110 valence electrons. The van der Waals surface area contributed by atoms with Crippen LogP contribution in [0.2, 0.25) is 0 Å². The number of hydrogen-bond donors (Lipinski definition) is 0. The standard InChI is InChI=1S/C17H14N2O3/c20-16(18-10-9-12-5-1-2-6-13(12)18)11-19-14-7-3-4-8-15(14)22-17(19)21/h1-8H,9-11H2. The first-order valence-corrected chi connectivity index (χ1v) is 7.21. The molecule has 0 unspecified atom stereocenters. The number of benzene rings is 2. The molecular weight excluding hydrogens is 280 g/mol. The Labute approximate surface area is 126 Å². The van der Waals surface area contributed by atoms with Gasteiger partial charge in [-0.05, 0) is 30.2 Å². The van der Waals surface area contributed by atoms with Crippen LogP contribution in [0.5, 0.6) is 0 Å². The Kier molecular flexibility index (Phi) is 2.85. The highest BCUT2D eigenvalue weighted by Gasteiger charge is 2.25. The van der Waals surface area contributed by atoms with Gasteiger partial charge in [0.25, 0.3) is 0 Å². The third-order valence-electron chi connectivity index (χ3n) is 4.06. The first kappa shape index (κ1) is 12.9. The maximum absolute atomic E-state index is 12.6. The van der Waals surface area contributed by atoms with Crippen molar-refractivity contribution in [1.29, 1.82) is 0 Å². The lowest BCUT2D eigenvalue weighted by Gasteiger charge is -2.17. The minimum atomic E-state index is -0.498. The Morgan fingerprint density at radius 3 is 2.77 bits per heavy atom. The first-order chi connectivity index (χ1) is 10.7. The Morgan fingerprint density at radius 2 is 1.86 bits per heavy atom. The average Bonchev–Trinajstić information content (AvgIpc) is 3.09. The molecule has 3 aromatic rings. The van der Waals surface area contributed by atoms with E-state index in [9.17, 15) is 9.59 Å². The fourth-order valence-corrected chi connectivity index (χ4v) is 2.98. The number of anilines is 1. The molecule has 0 atom stereocenters. The molecule has 1 aliphatic rings. The monoisotopic (exact) mass is 294 g/mol. The minimum Gasteiger partial charge on any atom is -0.408 e. The van der Waals surface area contributed by atoms with Crippen molar-refractivity contribution in [3.8, 4) is 0 Å². The van der Waals surface area contributed by atoms with E-state index in [1.807, 2.05) is 30.3 Å². The fourth-order valence-electron chi connectivity index (χ4n) is 2.98. The number of carbonyl (C=O) groups excluding carboxylic acids is 1. The summed E-state index contributed by atoms with van der Waals surface area (Å²) < 4.78 is 6.56. The van der Waals surface area contributed by atoms with E-state index in [-0.39, 0.29) is 12.5 Å². The van der Waals surface area contributed by atoms with Crippen molar-refractivity contribution in [3.05, 3.63) is 64.6 Å². The van der Waals surface area contributed by atoms with Gasteiger partial charge in [-0.15, -0.1) is 0 Å². The van der Waals surface area contributed by atoms with Crippen molar-refractivity contribution in [3.63, 3.8) is 0 Å². The third-order valence-corrected chi connectivity index (χ3v) is 4.06. The summed E-state index contributed by atoms with van der Waals surface area (Å²) in [7, 11) is 0. The molecule has 0 saturated heterocycles. The molecule has 0 saturated carbocycles. The van der Waals surface area contributed by atoms with Crippen molar-refractivity contribution < 1.29 is 9.21 Å². The maximum atomic E-state index is 12.6. The molecule has 22 heavy (non-hydrogen) atoms. The van der Waals surface area contributed by atoms with E-state index >= 15 is 0 Å². The molecule has 2 aromatic carbocycles. The molecule has 1 aromatic heterocycles. The third kappa shape index (κ3) is 1.94. The molecular formula is C17H14N2O3. The van der Waals surface area contributed by atoms with Gasteiger partial charge >= 0.3 is 5.76 Å². The van der Waals surface area contributed by atoms with E-state index in [0.717, 1.165) is 12.1 Å². The van der Waals surface area contributed by atoms with Crippen LogP contribution in [0.4, 0.5) is 5.69 Å². The Hall–Kier alpha value is -2.82. The van der Waals surface area contributed by atoms with E-state index in [1.54, 1.807) is 23.1 Å². The molecule has 0 N–H and O–H groups in total. The lowest BCUT2D eigenvalue weighted by Crippen LogP contribution is -2.34. The van der Waals surface area contributed by atoms with Crippen LogP contribution in [0.15, 0.2) is 57.7 Å². The van der Waals surface area contributed by atoms with Gasteiger partial charge in [0.2, 0.25) is 5.91 Å². The van der Waals surface area contributed by atoms with Crippen LogP contribution < -0.4 is 10.7 Å². The number of oxazole rings is 1. The SMILES string of the molecule is O=C(Cn1c(=O)oc2ccccc21)N1CCc2ccccc21. The van der Waals surface area contributed by atoms with E-state index in [1.165, 1.54) is 10.1 Å². The summed E-state index contributed by atoms with van der Waals surface area (Å²) in [4.78, 5) is 26.3. The van der Waals surface area contributed by atoms with Crippen LogP contribution in [0, 0.1) is 0 Å². The molecule has 4 rings (SSSR count). The minimum absolute atomic E-state index is 0.00974. The number of amides is 1. The highest BCUT2D eigenvalue weighted by atomic mass is 16.4. The predicted octanol–water partition coefficient (Wildman–Crippen LogP) is 2.18. The second-order valence-corrected chi connectivity index (χ2v) is 5.35. The van der Waals surface area contributed by atoms with Crippen LogP contribution in [0.3, 0.4) is 0 Å². The molecule has 0 fully saturated rings. The second kappa shape index (κ2) is 4.87. The number of carbonyl (C=O) groups is 1. The molecule has 5 heteroatoms. The van der Waals surface area contributed by atoms with Gasteiger partial charge in [-0.3, -0.25) is 9.36 Å². The van der Waals surface area contributed by atoms with Crippen molar-refractivity contribution in [2.24, 2.45) is 0 Å². The van der Waals surface area contributed by atoms with Gasteiger partial charge in [0.15, 0.2) is 5.58 Å². The molecule has 0 aliphatic carbocycles. The lowest BCUT2D eigenvalue weighted by atomic mass is 10.2.